The zero-order valence-corrected chi connectivity index (χ0v) is 12.2. The Morgan fingerprint density at radius 3 is 2.76 bits per heavy atom. The normalized spacial score (nSPS) is 24.5. The first-order valence-corrected chi connectivity index (χ1v) is 8.70. The van der Waals surface area contributed by atoms with Crippen molar-refractivity contribution in [2.45, 2.75) is 50.5 Å². The van der Waals surface area contributed by atoms with Gasteiger partial charge in [-0.15, -0.1) is 0 Å². The molecule has 0 aromatic rings. The number of rotatable bonds is 6. The third-order valence-corrected chi connectivity index (χ3v) is 5.03. The number of nitrogens with zero attached hydrogens (tertiary/aromatic N) is 1. The Balaban J connectivity index is 1.63. The molecule has 2 rings (SSSR count). The van der Waals surface area contributed by atoms with Gasteiger partial charge in [-0.25, -0.2) is 0 Å². The number of hydrogen-bond acceptors (Lipinski definition) is 3. The van der Waals surface area contributed by atoms with Crippen LogP contribution < -0.4 is 5.32 Å². The lowest BCUT2D eigenvalue weighted by Crippen LogP contribution is -2.59. The quantitative estimate of drug-likeness (QED) is 0.736. The zero-order chi connectivity index (χ0) is 12.0. The van der Waals surface area contributed by atoms with Crippen LogP contribution in [0.1, 0.15) is 44.9 Å². The van der Waals surface area contributed by atoms with Gasteiger partial charge in [-0.1, -0.05) is 19.3 Å². The first-order valence-electron chi connectivity index (χ1n) is 7.31. The fourth-order valence-corrected chi connectivity index (χ4v) is 3.87. The largest absolute Gasteiger partial charge is 0.309 e. The molecule has 2 fully saturated rings. The molecule has 0 aromatic heterocycles. The van der Waals surface area contributed by atoms with Crippen LogP contribution in [0.15, 0.2) is 0 Å². The second-order valence-electron chi connectivity index (χ2n) is 5.74. The smallest absolute Gasteiger partial charge is 0.0309 e. The van der Waals surface area contributed by atoms with E-state index in [9.17, 15) is 0 Å². The fourth-order valence-electron chi connectivity index (χ4n) is 3.38. The van der Waals surface area contributed by atoms with E-state index in [2.05, 4.69) is 16.5 Å². The number of unbranched alkanes of at least 4 members (excludes halogenated alkanes) is 2. The van der Waals surface area contributed by atoms with E-state index < -0.39 is 0 Å². The Labute approximate surface area is 111 Å². The van der Waals surface area contributed by atoms with E-state index in [0.717, 1.165) is 0 Å². The van der Waals surface area contributed by atoms with Gasteiger partial charge >= 0.3 is 0 Å². The Kier molecular flexibility index (Phi) is 5.64. The third kappa shape index (κ3) is 4.15. The molecule has 0 amide bonds. The van der Waals surface area contributed by atoms with Crippen molar-refractivity contribution in [1.29, 1.82) is 0 Å². The summed E-state index contributed by atoms with van der Waals surface area (Å²) in [6, 6.07) is 0. The highest BCUT2D eigenvalue weighted by molar-refractivity contribution is 7.98. The molecule has 0 unspecified atom stereocenters. The van der Waals surface area contributed by atoms with Crippen molar-refractivity contribution < 1.29 is 0 Å². The molecule has 1 aliphatic carbocycles. The van der Waals surface area contributed by atoms with E-state index in [0.29, 0.717) is 5.54 Å². The predicted octanol–water partition coefficient (Wildman–Crippen LogP) is 2.74. The van der Waals surface area contributed by atoms with E-state index >= 15 is 0 Å². The summed E-state index contributed by atoms with van der Waals surface area (Å²) in [5.74, 6) is 1.34. The monoisotopic (exact) mass is 256 g/mol. The van der Waals surface area contributed by atoms with Crippen molar-refractivity contribution >= 4 is 11.8 Å². The maximum absolute atomic E-state index is 3.79. The number of thioether (sulfide) groups is 1. The van der Waals surface area contributed by atoms with Crippen LogP contribution in [0.25, 0.3) is 0 Å². The molecule has 3 heteroatoms. The van der Waals surface area contributed by atoms with Crippen molar-refractivity contribution in [3.8, 4) is 0 Å². The third-order valence-electron chi connectivity index (χ3n) is 4.34. The van der Waals surface area contributed by atoms with Gasteiger partial charge in [0.15, 0.2) is 0 Å². The fraction of sp³-hybridized carbons (Fsp3) is 1.00. The van der Waals surface area contributed by atoms with Gasteiger partial charge in [0.1, 0.15) is 0 Å². The van der Waals surface area contributed by atoms with Crippen LogP contribution in [0, 0.1) is 0 Å². The molecule has 1 N–H and O–H groups in total. The lowest BCUT2D eigenvalue weighted by molar-refractivity contribution is 0.133. The topological polar surface area (TPSA) is 15.3 Å². The first-order chi connectivity index (χ1) is 8.35. The lowest BCUT2D eigenvalue weighted by atomic mass is 9.94. The number of hydrogen-bond donors (Lipinski definition) is 1. The Hall–Kier alpha value is 0.270. The standard InChI is InChI=1S/C14H28N2S/c1-17-12-6-2-5-10-16-11-9-15-14(13-16)7-3-4-8-14/h15H,2-13H2,1H3. The highest BCUT2D eigenvalue weighted by Gasteiger charge is 2.37. The summed E-state index contributed by atoms with van der Waals surface area (Å²) in [5, 5.41) is 3.79. The van der Waals surface area contributed by atoms with E-state index in [-0.39, 0.29) is 0 Å². The van der Waals surface area contributed by atoms with E-state index in [1.807, 2.05) is 11.8 Å². The molecule has 0 aromatic carbocycles. The van der Waals surface area contributed by atoms with Crippen LogP contribution in [0.5, 0.6) is 0 Å². The van der Waals surface area contributed by atoms with Crippen molar-refractivity contribution in [1.82, 2.24) is 10.2 Å². The van der Waals surface area contributed by atoms with Crippen molar-refractivity contribution in [3.05, 3.63) is 0 Å². The van der Waals surface area contributed by atoms with Gasteiger partial charge < -0.3 is 10.2 Å². The summed E-state index contributed by atoms with van der Waals surface area (Å²) < 4.78 is 0. The molecule has 2 nitrogen and oxygen atoms in total. The molecule has 1 spiro atoms. The molecule has 0 bridgehead atoms. The molecule has 0 atom stereocenters. The van der Waals surface area contributed by atoms with Crippen LogP contribution in [0.2, 0.25) is 0 Å². The van der Waals surface area contributed by atoms with Crippen molar-refractivity contribution in [3.63, 3.8) is 0 Å². The van der Waals surface area contributed by atoms with Crippen molar-refractivity contribution in [2.75, 3.05) is 38.2 Å². The van der Waals surface area contributed by atoms with Crippen LogP contribution in [-0.4, -0.2) is 48.6 Å². The van der Waals surface area contributed by atoms with Gasteiger partial charge in [0.2, 0.25) is 0 Å². The minimum atomic E-state index is 0.511. The summed E-state index contributed by atoms with van der Waals surface area (Å²) in [6.45, 7) is 5.13. The molecule has 17 heavy (non-hydrogen) atoms. The molecule has 1 aliphatic heterocycles. The van der Waals surface area contributed by atoms with Gasteiger partial charge in [-0.05, 0) is 44.2 Å². The molecule has 100 valence electrons. The van der Waals surface area contributed by atoms with Crippen molar-refractivity contribution in [2.24, 2.45) is 0 Å². The van der Waals surface area contributed by atoms with Gasteiger partial charge in [0, 0.05) is 25.2 Å². The molecular weight excluding hydrogens is 228 g/mol. The second kappa shape index (κ2) is 7.01. The average Bonchev–Trinajstić information content (AvgIpc) is 2.77. The second-order valence-corrected chi connectivity index (χ2v) is 6.73. The number of piperazine rings is 1. The van der Waals surface area contributed by atoms with Crippen LogP contribution in [0.4, 0.5) is 0 Å². The zero-order valence-electron chi connectivity index (χ0n) is 11.3. The van der Waals surface area contributed by atoms with Crippen LogP contribution in [0.3, 0.4) is 0 Å². The summed E-state index contributed by atoms with van der Waals surface area (Å²) in [4.78, 5) is 2.71. The predicted molar refractivity (Wildman–Crippen MR) is 77.9 cm³/mol. The number of nitrogens with one attached hydrogen (secondary N) is 1. The molecule has 2 aliphatic rings. The summed E-state index contributed by atoms with van der Waals surface area (Å²) in [7, 11) is 0. The maximum atomic E-state index is 3.79. The van der Waals surface area contributed by atoms with E-state index in [4.69, 9.17) is 0 Å². The Bertz CT molecular complexity index is 214. The Morgan fingerprint density at radius 2 is 2.00 bits per heavy atom. The molecule has 1 saturated heterocycles. The van der Waals surface area contributed by atoms with E-state index in [1.54, 1.807) is 0 Å². The highest BCUT2D eigenvalue weighted by atomic mass is 32.2. The average molecular weight is 256 g/mol. The Morgan fingerprint density at radius 1 is 1.18 bits per heavy atom. The molecule has 1 heterocycles. The molecule has 0 radical (unpaired) electrons. The lowest BCUT2D eigenvalue weighted by Gasteiger charge is -2.41. The SMILES string of the molecule is CSCCCCCN1CCNC2(CCCC2)C1. The summed E-state index contributed by atoms with van der Waals surface area (Å²) in [5.41, 5.74) is 0.511. The molecule has 1 saturated carbocycles. The summed E-state index contributed by atoms with van der Waals surface area (Å²) >= 11 is 1.98. The van der Waals surface area contributed by atoms with Gasteiger partial charge in [-0.3, -0.25) is 0 Å². The van der Waals surface area contributed by atoms with Crippen LogP contribution >= 0.6 is 11.8 Å². The van der Waals surface area contributed by atoms with Gasteiger partial charge in [0.05, 0.1) is 0 Å². The van der Waals surface area contributed by atoms with E-state index in [1.165, 1.54) is 76.9 Å². The minimum Gasteiger partial charge on any atom is -0.309 e. The van der Waals surface area contributed by atoms with Gasteiger partial charge in [0.25, 0.3) is 0 Å². The first kappa shape index (κ1) is 13.7. The summed E-state index contributed by atoms with van der Waals surface area (Å²) in [6.07, 6.45) is 12.1. The molecular formula is C14H28N2S. The van der Waals surface area contributed by atoms with Gasteiger partial charge in [-0.2, -0.15) is 11.8 Å². The highest BCUT2D eigenvalue weighted by Crippen LogP contribution is 2.31. The van der Waals surface area contributed by atoms with Crippen LogP contribution in [-0.2, 0) is 0 Å². The minimum absolute atomic E-state index is 0.511. The maximum Gasteiger partial charge on any atom is 0.0309 e.